The molecule has 1 aliphatic heterocycles. The Morgan fingerprint density at radius 2 is 1.79 bits per heavy atom. The lowest BCUT2D eigenvalue weighted by Gasteiger charge is -2.26. The smallest absolute Gasteiger partial charge is 0.335 e. The van der Waals surface area contributed by atoms with E-state index in [9.17, 15) is 24.5 Å². The molecule has 1 N–H and O–H groups in total. The zero-order valence-corrected chi connectivity index (χ0v) is 19.0. The number of nitrogens with one attached hydrogen (secondary N) is 1. The van der Waals surface area contributed by atoms with E-state index in [1.807, 2.05) is 6.92 Å². The minimum atomic E-state index is -0.851. The van der Waals surface area contributed by atoms with Crippen molar-refractivity contribution >= 4 is 51.2 Å². The van der Waals surface area contributed by atoms with Gasteiger partial charge >= 0.3 is 6.03 Å². The quantitative estimate of drug-likeness (QED) is 0.231. The number of nitrogens with zero attached hydrogens (tertiary/aromatic N) is 2. The number of benzene rings is 2. The van der Waals surface area contributed by atoms with Crippen LogP contribution in [-0.2, 0) is 9.59 Å². The predicted octanol–water partition coefficient (Wildman–Crippen LogP) is 4.90. The zero-order chi connectivity index (χ0) is 23.9. The number of amides is 4. The molecule has 1 aliphatic rings. The van der Waals surface area contributed by atoms with Crippen molar-refractivity contribution in [3.05, 3.63) is 85.6 Å². The molecule has 10 heteroatoms. The van der Waals surface area contributed by atoms with Crippen molar-refractivity contribution in [2.45, 2.75) is 13.8 Å². The van der Waals surface area contributed by atoms with Gasteiger partial charge in [0.1, 0.15) is 17.1 Å². The van der Waals surface area contributed by atoms with Crippen LogP contribution in [0.4, 0.5) is 16.2 Å². The molecule has 0 aliphatic carbocycles. The van der Waals surface area contributed by atoms with Crippen LogP contribution < -0.4 is 10.2 Å². The summed E-state index contributed by atoms with van der Waals surface area (Å²) in [6, 6.07) is 11.8. The topological polar surface area (TPSA) is 123 Å². The molecular weight excluding hydrogens is 494 g/mol. The standard InChI is InChI=1S/C23H16BrN3O6/c1-12-3-4-14(10-19(12)27(31)32)20-8-6-16(33-20)11-17-21(28)25-23(30)26(22(17)29)15-5-7-18(24)13(2)9-15/h3-11H,1-2H3,(H,25,28,30)/b17-11+. The summed E-state index contributed by atoms with van der Waals surface area (Å²) in [6.45, 7) is 3.44. The van der Waals surface area contributed by atoms with Gasteiger partial charge in [-0.25, -0.2) is 9.69 Å². The number of aryl methyl sites for hydroxylation is 2. The van der Waals surface area contributed by atoms with Crippen LogP contribution in [0.5, 0.6) is 0 Å². The maximum absolute atomic E-state index is 13.0. The van der Waals surface area contributed by atoms with Crippen molar-refractivity contribution in [1.82, 2.24) is 5.32 Å². The average molecular weight is 510 g/mol. The van der Waals surface area contributed by atoms with E-state index in [1.54, 1.807) is 43.3 Å². The van der Waals surface area contributed by atoms with Crippen molar-refractivity contribution in [2.24, 2.45) is 0 Å². The second-order valence-corrected chi connectivity index (χ2v) is 8.21. The molecule has 0 saturated carbocycles. The van der Waals surface area contributed by atoms with E-state index < -0.39 is 22.8 Å². The second-order valence-electron chi connectivity index (χ2n) is 7.35. The summed E-state index contributed by atoms with van der Waals surface area (Å²) in [5.74, 6) is -1.15. The number of nitro benzene ring substituents is 1. The molecule has 166 valence electrons. The Morgan fingerprint density at radius 3 is 2.48 bits per heavy atom. The summed E-state index contributed by atoms with van der Waals surface area (Å²) in [4.78, 5) is 49.4. The fraction of sp³-hybridized carbons (Fsp3) is 0.0870. The average Bonchev–Trinajstić information content (AvgIpc) is 3.22. The Balaban J connectivity index is 1.68. The van der Waals surface area contributed by atoms with E-state index in [4.69, 9.17) is 4.42 Å². The number of imide groups is 2. The van der Waals surface area contributed by atoms with E-state index in [0.29, 0.717) is 22.6 Å². The Bertz CT molecular complexity index is 1370. The first-order valence-corrected chi connectivity index (χ1v) is 10.5. The molecule has 2 aromatic carbocycles. The Kier molecular flexibility index (Phi) is 5.69. The van der Waals surface area contributed by atoms with Crippen molar-refractivity contribution in [3.63, 3.8) is 0 Å². The van der Waals surface area contributed by atoms with Gasteiger partial charge < -0.3 is 4.42 Å². The van der Waals surface area contributed by atoms with Crippen LogP contribution in [0.25, 0.3) is 17.4 Å². The fourth-order valence-electron chi connectivity index (χ4n) is 3.35. The minimum Gasteiger partial charge on any atom is -0.457 e. The molecule has 0 unspecified atom stereocenters. The van der Waals surface area contributed by atoms with E-state index in [1.165, 1.54) is 18.2 Å². The van der Waals surface area contributed by atoms with Gasteiger partial charge in [-0.15, -0.1) is 0 Å². The number of furan rings is 1. The highest BCUT2D eigenvalue weighted by molar-refractivity contribution is 9.10. The van der Waals surface area contributed by atoms with E-state index in [2.05, 4.69) is 21.2 Å². The highest BCUT2D eigenvalue weighted by atomic mass is 79.9. The summed E-state index contributed by atoms with van der Waals surface area (Å²) >= 11 is 3.37. The van der Waals surface area contributed by atoms with Gasteiger partial charge in [-0.1, -0.05) is 28.1 Å². The molecular formula is C23H16BrN3O6. The normalized spacial score (nSPS) is 15.2. The molecule has 1 aromatic heterocycles. The third-order valence-electron chi connectivity index (χ3n) is 5.11. The van der Waals surface area contributed by atoms with Gasteiger partial charge in [0.2, 0.25) is 0 Å². The number of rotatable bonds is 4. The van der Waals surface area contributed by atoms with Crippen LogP contribution in [0.15, 0.2) is 63.0 Å². The molecule has 3 aromatic rings. The molecule has 0 atom stereocenters. The summed E-state index contributed by atoms with van der Waals surface area (Å²) in [6.07, 6.45) is 1.23. The highest BCUT2D eigenvalue weighted by Crippen LogP contribution is 2.30. The number of urea groups is 1. The van der Waals surface area contributed by atoms with Gasteiger partial charge in [0.15, 0.2) is 0 Å². The number of anilines is 1. The molecule has 0 radical (unpaired) electrons. The first-order valence-electron chi connectivity index (χ1n) is 9.68. The van der Waals surface area contributed by atoms with Crippen molar-refractivity contribution in [1.29, 1.82) is 0 Å². The molecule has 1 fully saturated rings. The highest BCUT2D eigenvalue weighted by Gasteiger charge is 2.37. The number of hydrogen-bond donors (Lipinski definition) is 1. The number of carbonyl (C=O) groups is 3. The third-order valence-corrected chi connectivity index (χ3v) is 5.99. The molecule has 1 saturated heterocycles. The Hall–Kier alpha value is -4.05. The SMILES string of the molecule is Cc1cc(N2C(=O)NC(=O)/C(=C\c3ccc(-c4ccc(C)c([N+](=O)[O-])c4)o3)C2=O)ccc1Br. The summed E-state index contributed by atoms with van der Waals surface area (Å²) in [7, 11) is 0. The van der Waals surface area contributed by atoms with Crippen molar-refractivity contribution in [3.8, 4) is 11.3 Å². The van der Waals surface area contributed by atoms with E-state index >= 15 is 0 Å². The number of hydrogen-bond acceptors (Lipinski definition) is 6. The monoisotopic (exact) mass is 509 g/mol. The van der Waals surface area contributed by atoms with Gasteiger partial charge in [0.25, 0.3) is 17.5 Å². The zero-order valence-electron chi connectivity index (χ0n) is 17.4. The number of halogens is 1. The number of nitro groups is 1. The Labute approximate surface area is 196 Å². The molecule has 9 nitrogen and oxygen atoms in total. The predicted molar refractivity (Wildman–Crippen MR) is 123 cm³/mol. The van der Waals surface area contributed by atoms with Crippen LogP contribution in [0.1, 0.15) is 16.9 Å². The summed E-state index contributed by atoms with van der Waals surface area (Å²) < 4.78 is 6.51. The largest absolute Gasteiger partial charge is 0.457 e. The van der Waals surface area contributed by atoms with Crippen LogP contribution in [-0.4, -0.2) is 22.8 Å². The fourth-order valence-corrected chi connectivity index (χ4v) is 3.59. The lowest BCUT2D eigenvalue weighted by Crippen LogP contribution is -2.54. The van der Waals surface area contributed by atoms with Crippen molar-refractivity contribution < 1.29 is 23.7 Å². The molecule has 2 heterocycles. The lowest BCUT2D eigenvalue weighted by molar-refractivity contribution is -0.385. The molecule has 0 spiro atoms. The second kappa shape index (κ2) is 8.47. The van der Waals surface area contributed by atoms with E-state index in [0.717, 1.165) is 14.9 Å². The van der Waals surface area contributed by atoms with Crippen LogP contribution in [0, 0.1) is 24.0 Å². The number of barbiturate groups is 1. The summed E-state index contributed by atoms with van der Waals surface area (Å²) in [5.41, 5.74) is 1.76. The molecule has 0 bridgehead atoms. The van der Waals surface area contributed by atoms with Crippen LogP contribution >= 0.6 is 15.9 Å². The van der Waals surface area contributed by atoms with Crippen molar-refractivity contribution in [2.75, 3.05) is 4.90 Å². The van der Waals surface area contributed by atoms with Gasteiger partial charge in [-0.3, -0.25) is 25.0 Å². The molecule has 4 rings (SSSR count). The first-order chi connectivity index (χ1) is 15.7. The van der Waals surface area contributed by atoms with Crippen LogP contribution in [0.2, 0.25) is 0 Å². The van der Waals surface area contributed by atoms with Gasteiger partial charge in [-0.05, 0) is 55.8 Å². The van der Waals surface area contributed by atoms with Crippen LogP contribution in [0.3, 0.4) is 0 Å². The minimum absolute atomic E-state index is 0.0513. The molecule has 33 heavy (non-hydrogen) atoms. The number of carbonyl (C=O) groups excluding carboxylic acids is 3. The van der Waals surface area contributed by atoms with Gasteiger partial charge in [-0.2, -0.15) is 0 Å². The van der Waals surface area contributed by atoms with Gasteiger partial charge in [0.05, 0.1) is 10.6 Å². The summed E-state index contributed by atoms with van der Waals surface area (Å²) in [5, 5.41) is 13.4. The maximum atomic E-state index is 13.0. The molecule has 4 amide bonds. The maximum Gasteiger partial charge on any atom is 0.335 e. The first kappa shape index (κ1) is 22.2. The lowest BCUT2D eigenvalue weighted by atomic mass is 10.1. The van der Waals surface area contributed by atoms with Gasteiger partial charge in [0, 0.05) is 21.7 Å². The van der Waals surface area contributed by atoms with E-state index in [-0.39, 0.29) is 17.0 Å². The Morgan fingerprint density at radius 1 is 1.03 bits per heavy atom. The third kappa shape index (κ3) is 4.20.